The van der Waals surface area contributed by atoms with Crippen LogP contribution in [0.25, 0.3) is 5.57 Å². The lowest BCUT2D eigenvalue weighted by Crippen LogP contribution is -2.19. The van der Waals surface area contributed by atoms with Gasteiger partial charge in [-0.3, -0.25) is 0 Å². The molecular formula is C22H32O2. The molecule has 0 amide bonds. The van der Waals surface area contributed by atoms with Crippen LogP contribution in [-0.2, 0) is 6.42 Å². The minimum atomic E-state index is 0.366. The third-order valence-corrected chi connectivity index (χ3v) is 6.30. The molecule has 1 aromatic rings. The van der Waals surface area contributed by atoms with Crippen LogP contribution in [0.15, 0.2) is 18.2 Å². The molecule has 0 radical (unpaired) electrons. The molecule has 2 aliphatic rings. The monoisotopic (exact) mass is 328 g/mol. The zero-order chi connectivity index (χ0) is 17.3. The van der Waals surface area contributed by atoms with Gasteiger partial charge in [0.2, 0.25) is 0 Å². The van der Waals surface area contributed by atoms with E-state index in [-0.39, 0.29) is 0 Å². The molecule has 0 heterocycles. The van der Waals surface area contributed by atoms with E-state index in [9.17, 15) is 0 Å². The lowest BCUT2D eigenvalue weighted by Gasteiger charge is -2.27. The van der Waals surface area contributed by atoms with Crippen molar-refractivity contribution in [3.8, 4) is 11.5 Å². The van der Waals surface area contributed by atoms with Gasteiger partial charge in [0.25, 0.3) is 0 Å². The lowest BCUT2D eigenvalue weighted by atomic mass is 9.78. The molecule has 1 fully saturated rings. The maximum atomic E-state index is 5.80. The van der Waals surface area contributed by atoms with E-state index in [4.69, 9.17) is 9.47 Å². The van der Waals surface area contributed by atoms with Gasteiger partial charge in [-0.25, -0.2) is 0 Å². The van der Waals surface area contributed by atoms with E-state index in [0.29, 0.717) is 17.3 Å². The van der Waals surface area contributed by atoms with Crippen LogP contribution in [0.1, 0.15) is 64.0 Å². The number of fused-ring (bicyclic) bond motifs is 2. The van der Waals surface area contributed by atoms with Crippen molar-refractivity contribution >= 4 is 5.57 Å². The summed E-state index contributed by atoms with van der Waals surface area (Å²) in [4.78, 5) is 0. The SMILES string of the molecule is CCCCCc1cc(OC)c(C2=CC3CCC2C3(C)C)c(OC)c1. The van der Waals surface area contributed by atoms with Gasteiger partial charge in [0.15, 0.2) is 0 Å². The molecule has 1 saturated carbocycles. The highest BCUT2D eigenvalue weighted by atomic mass is 16.5. The Labute approximate surface area is 147 Å². The summed E-state index contributed by atoms with van der Waals surface area (Å²) in [6.07, 6.45) is 9.94. The highest BCUT2D eigenvalue weighted by Crippen LogP contribution is 2.61. The van der Waals surface area contributed by atoms with Crippen molar-refractivity contribution in [2.45, 2.75) is 59.3 Å². The van der Waals surface area contributed by atoms with Gasteiger partial charge >= 0.3 is 0 Å². The number of rotatable bonds is 7. The predicted molar refractivity (Wildman–Crippen MR) is 101 cm³/mol. The standard InChI is InChI=1S/C22H32O2/c1-6-7-8-9-15-12-19(23-4)21(20(13-15)24-5)17-14-16-10-11-18(17)22(16,2)3/h12-14,16,18H,6-11H2,1-5H3. The molecule has 3 rings (SSSR count). The molecule has 0 aliphatic heterocycles. The molecule has 2 nitrogen and oxygen atoms in total. The second kappa shape index (κ2) is 6.82. The molecule has 0 aromatic heterocycles. The second-order valence-corrected chi connectivity index (χ2v) is 8.01. The Kier molecular flexibility index (Phi) is 4.94. The average Bonchev–Trinajstić information content (AvgIpc) is 3.01. The number of hydrogen-bond acceptors (Lipinski definition) is 2. The van der Waals surface area contributed by atoms with Crippen molar-refractivity contribution in [2.24, 2.45) is 17.3 Å². The zero-order valence-corrected chi connectivity index (χ0v) is 15.9. The average molecular weight is 328 g/mol. The number of ether oxygens (including phenoxy) is 2. The van der Waals surface area contributed by atoms with E-state index in [1.54, 1.807) is 14.2 Å². The first-order valence-corrected chi connectivity index (χ1v) is 9.49. The maximum absolute atomic E-state index is 5.80. The largest absolute Gasteiger partial charge is 0.496 e. The van der Waals surface area contributed by atoms with Crippen LogP contribution in [0.5, 0.6) is 11.5 Å². The first-order valence-electron chi connectivity index (χ1n) is 9.49. The van der Waals surface area contributed by atoms with Crippen molar-refractivity contribution in [1.29, 1.82) is 0 Å². The Morgan fingerprint density at radius 3 is 2.17 bits per heavy atom. The summed E-state index contributed by atoms with van der Waals surface area (Å²) in [6, 6.07) is 4.46. The Morgan fingerprint density at radius 1 is 1.04 bits per heavy atom. The van der Waals surface area contributed by atoms with Gasteiger partial charge < -0.3 is 9.47 Å². The third kappa shape index (κ3) is 2.85. The first kappa shape index (κ1) is 17.4. The van der Waals surface area contributed by atoms with Crippen LogP contribution in [0.4, 0.5) is 0 Å². The summed E-state index contributed by atoms with van der Waals surface area (Å²) in [5, 5.41) is 0. The number of aryl methyl sites for hydroxylation is 1. The van der Waals surface area contributed by atoms with Crippen molar-refractivity contribution < 1.29 is 9.47 Å². The Morgan fingerprint density at radius 2 is 1.71 bits per heavy atom. The lowest BCUT2D eigenvalue weighted by molar-refractivity contribution is 0.282. The molecule has 0 spiro atoms. The van der Waals surface area contributed by atoms with E-state index < -0.39 is 0 Å². The van der Waals surface area contributed by atoms with Gasteiger partial charge in [-0.15, -0.1) is 0 Å². The van der Waals surface area contributed by atoms with Crippen molar-refractivity contribution in [1.82, 2.24) is 0 Å². The fraction of sp³-hybridized carbons (Fsp3) is 0.636. The van der Waals surface area contributed by atoms with Crippen LogP contribution < -0.4 is 9.47 Å². The van der Waals surface area contributed by atoms with Crippen molar-refractivity contribution in [3.05, 3.63) is 29.3 Å². The molecule has 0 N–H and O–H groups in total. The van der Waals surface area contributed by atoms with Gasteiger partial charge in [-0.2, -0.15) is 0 Å². The Hall–Kier alpha value is -1.44. The van der Waals surface area contributed by atoms with Crippen LogP contribution in [0, 0.1) is 17.3 Å². The van der Waals surface area contributed by atoms with Crippen molar-refractivity contribution in [3.63, 3.8) is 0 Å². The quantitative estimate of drug-likeness (QED) is 0.581. The molecule has 2 atom stereocenters. The van der Waals surface area contributed by atoms with Crippen LogP contribution in [0.3, 0.4) is 0 Å². The molecule has 24 heavy (non-hydrogen) atoms. The van der Waals surface area contributed by atoms with Crippen molar-refractivity contribution in [2.75, 3.05) is 14.2 Å². The van der Waals surface area contributed by atoms with Gasteiger partial charge in [0.1, 0.15) is 11.5 Å². The van der Waals surface area contributed by atoms with Crippen LogP contribution >= 0.6 is 0 Å². The van der Waals surface area contributed by atoms with Gasteiger partial charge in [-0.1, -0.05) is 39.7 Å². The highest BCUT2D eigenvalue weighted by Gasteiger charge is 2.49. The molecule has 1 aromatic carbocycles. The maximum Gasteiger partial charge on any atom is 0.130 e. The number of benzene rings is 1. The van der Waals surface area contributed by atoms with Crippen LogP contribution in [0.2, 0.25) is 0 Å². The van der Waals surface area contributed by atoms with E-state index in [1.165, 1.54) is 48.8 Å². The Balaban J connectivity index is 1.97. The second-order valence-electron chi connectivity index (χ2n) is 8.01. The van der Waals surface area contributed by atoms with E-state index in [0.717, 1.165) is 17.9 Å². The zero-order valence-electron chi connectivity index (χ0n) is 15.9. The Bertz CT molecular complexity index is 602. The van der Waals surface area contributed by atoms with E-state index >= 15 is 0 Å². The highest BCUT2D eigenvalue weighted by molar-refractivity contribution is 5.80. The van der Waals surface area contributed by atoms with E-state index in [1.807, 2.05) is 0 Å². The fourth-order valence-corrected chi connectivity index (χ4v) is 4.77. The molecular weight excluding hydrogens is 296 g/mol. The summed E-state index contributed by atoms with van der Waals surface area (Å²) >= 11 is 0. The summed E-state index contributed by atoms with van der Waals surface area (Å²) in [7, 11) is 3.57. The minimum Gasteiger partial charge on any atom is -0.496 e. The van der Waals surface area contributed by atoms with Crippen LogP contribution in [-0.4, -0.2) is 14.2 Å². The molecule has 2 heteroatoms. The minimum absolute atomic E-state index is 0.366. The molecule has 2 bridgehead atoms. The first-order chi connectivity index (χ1) is 11.5. The topological polar surface area (TPSA) is 18.5 Å². The summed E-state index contributed by atoms with van der Waals surface area (Å²) < 4.78 is 11.6. The number of unbranched alkanes of at least 4 members (excludes halogenated alkanes) is 2. The smallest absolute Gasteiger partial charge is 0.130 e. The fourth-order valence-electron chi connectivity index (χ4n) is 4.77. The number of allylic oxidation sites excluding steroid dienone is 2. The van der Waals surface area contributed by atoms with E-state index in [2.05, 4.69) is 39.0 Å². The number of methoxy groups -OCH3 is 2. The van der Waals surface area contributed by atoms with Gasteiger partial charge in [0.05, 0.1) is 19.8 Å². The van der Waals surface area contributed by atoms with Gasteiger partial charge in [-0.05, 0) is 66.2 Å². The summed E-state index contributed by atoms with van der Waals surface area (Å²) in [6.45, 7) is 7.07. The molecule has 2 unspecified atom stereocenters. The molecule has 0 saturated heterocycles. The summed E-state index contributed by atoms with van der Waals surface area (Å²) in [5.74, 6) is 3.28. The molecule has 132 valence electrons. The molecule has 2 aliphatic carbocycles. The van der Waals surface area contributed by atoms with Gasteiger partial charge in [0, 0.05) is 0 Å². The normalized spacial score (nSPS) is 24.1. The predicted octanol–water partition coefficient (Wildman–Crippen LogP) is 5.89. The number of hydrogen-bond donors (Lipinski definition) is 0. The summed E-state index contributed by atoms with van der Waals surface area (Å²) in [5.41, 5.74) is 4.33. The third-order valence-electron chi connectivity index (χ3n) is 6.30.